The fourth-order valence-corrected chi connectivity index (χ4v) is 3.39. The number of amides is 1. The lowest BCUT2D eigenvalue weighted by molar-refractivity contribution is -0.146. The fraction of sp³-hybridized carbons (Fsp3) is 0.600. The van der Waals surface area contributed by atoms with Crippen LogP contribution in [0.5, 0.6) is 0 Å². The van der Waals surface area contributed by atoms with Crippen LogP contribution in [0.4, 0.5) is 0 Å². The number of methoxy groups -OCH3 is 1. The first-order valence-corrected chi connectivity index (χ1v) is 8.14. The molecule has 1 aliphatic carbocycles. The first-order valence-electron chi connectivity index (χ1n) is 7.34. The molecule has 21 heavy (non-hydrogen) atoms. The van der Waals surface area contributed by atoms with Crippen LogP contribution in [-0.4, -0.2) is 41.5 Å². The van der Waals surface area contributed by atoms with E-state index in [1.807, 2.05) is 12.3 Å². The van der Waals surface area contributed by atoms with E-state index in [0.29, 0.717) is 19.1 Å². The standard InChI is InChI=1S/C15H19BrN2O3/c1-21-15(20)10-3-2-6-17(8-10)14(19)13-7-11(16)9-18(13)12-4-5-12/h7,9-10,12H,2-6,8H2,1H3/t10-/m0/s1. The molecule has 0 unspecified atom stereocenters. The van der Waals surface area contributed by atoms with Crippen LogP contribution in [0.1, 0.15) is 42.2 Å². The highest BCUT2D eigenvalue weighted by Gasteiger charge is 2.33. The number of nitrogens with zero attached hydrogens (tertiary/aromatic N) is 2. The lowest BCUT2D eigenvalue weighted by Gasteiger charge is -2.31. The van der Waals surface area contributed by atoms with E-state index in [9.17, 15) is 9.59 Å². The minimum Gasteiger partial charge on any atom is -0.469 e. The van der Waals surface area contributed by atoms with Crippen molar-refractivity contribution in [3.8, 4) is 0 Å². The lowest BCUT2D eigenvalue weighted by atomic mass is 9.98. The van der Waals surface area contributed by atoms with Gasteiger partial charge in [0.25, 0.3) is 5.91 Å². The molecule has 0 aromatic carbocycles. The van der Waals surface area contributed by atoms with Crippen LogP contribution in [0.25, 0.3) is 0 Å². The van der Waals surface area contributed by atoms with E-state index in [1.165, 1.54) is 7.11 Å². The Kier molecular flexibility index (Phi) is 4.06. The monoisotopic (exact) mass is 354 g/mol. The van der Waals surface area contributed by atoms with Gasteiger partial charge in [0.05, 0.1) is 13.0 Å². The Morgan fingerprint density at radius 3 is 2.76 bits per heavy atom. The van der Waals surface area contributed by atoms with E-state index in [0.717, 1.165) is 35.8 Å². The molecule has 1 amide bonds. The van der Waals surface area contributed by atoms with Gasteiger partial charge in [0.15, 0.2) is 0 Å². The zero-order valence-corrected chi connectivity index (χ0v) is 13.6. The maximum absolute atomic E-state index is 12.8. The first-order chi connectivity index (χ1) is 10.1. The van der Waals surface area contributed by atoms with Crippen molar-refractivity contribution >= 4 is 27.8 Å². The zero-order valence-electron chi connectivity index (χ0n) is 12.0. The third-order valence-corrected chi connectivity index (χ3v) is 4.65. The molecule has 1 saturated carbocycles. The molecule has 3 rings (SSSR count). The minimum absolute atomic E-state index is 0.0150. The van der Waals surface area contributed by atoms with Gasteiger partial charge in [0.2, 0.25) is 0 Å². The van der Waals surface area contributed by atoms with Crippen molar-refractivity contribution in [1.29, 1.82) is 0 Å². The molecule has 0 bridgehead atoms. The summed E-state index contributed by atoms with van der Waals surface area (Å²) < 4.78 is 7.80. The van der Waals surface area contributed by atoms with Crippen molar-refractivity contribution < 1.29 is 14.3 Å². The number of likely N-dealkylation sites (tertiary alicyclic amines) is 1. The number of ether oxygens (including phenoxy) is 1. The van der Waals surface area contributed by atoms with E-state index in [-0.39, 0.29) is 17.8 Å². The molecular weight excluding hydrogens is 336 g/mol. The van der Waals surface area contributed by atoms with Crippen molar-refractivity contribution in [3.63, 3.8) is 0 Å². The van der Waals surface area contributed by atoms with Crippen LogP contribution >= 0.6 is 15.9 Å². The first kappa shape index (κ1) is 14.6. The Balaban J connectivity index is 1.77. The summed E-state index contributed by atoms with van der Waals surface area (Å²) in [4.78, 5) is 26.2. The SMILES string of the molecule is COC(=O)[C@H]1CCCN(C(=O)c2cc(Br)cn2C2CC2)C1. The van der Waals surface area contributed by atoms with E-state index in [2.05, 4.69) is 20.5 Å². The molecule has 1 atom stereocenters. The molecule has 1 aromatic heterocycles. The van der Waals surface area contributed by atoms with E-state index < -0.39 is 0 Å². The predicted molar refractivity (Wildman–Crippen MR) is 81.0 cm³/mol. The Morgan fingerprint density at radius 1 is 1.33 bits per heavy atom. The van der Waals surface area contributed by atoms with Gasteiger partial charge in [-0.05, 0) is 47.7 Å². The van der Waals surface area contributed by atoms with Crippen LogP contribution in [0.3, 0.4) is 0 Å². The van der Waals surface area contributed by atoms with E-state index in [1.54, 1.807) is 4.90 Å². The largest absolute Gasteiger partial charge is 0.469 e. The van der Waals surface area contributed by atoms with Crippen molar-refractivity contribution in [2.75, 3.05) is 20.2 Å². The summed E-state index contributed by atoms with van der Waals surface area (Å²) >= 11 is 3.45. The third-order valence-electron chi connectivity index (χ3n) is 4.22. The highest BCUT2D eigenvalue weighted by molar-refractivity contribution is 9.10. The second-order valence-corrected chi connectivity index (χ2v) is 6.71. The topological polar surface area (TPSA) is 51.5 Å². The highest BCUT2D eigenvalue weighted by atomic mass is 79.9. The average molecular weight is 355 g/mol. The van der Waals surface area contributed by atoms with Gasteiger partial charge in [-0.2, -0.15) is 0 Å². The molecule has 1 saturated heterocycles. The summed E-state index contributed by atoms with van der Waals surface area (Å²) in [6.45, 7) is 1.17. The smallest absolute Gasteiger partial charge is 0.310 e. The molecule has 1 aromatic rings. The minimum atomic E-state index is -0.216. The molecule has 2 aliphatic rings. The van der Waals surface area contributed by atoms with Gasteiger partial charge < -0.3 is 14.2 Å². The van der Waals surface area contributed by atoms with Gasteiger partial charge in [-0.1, -0.05) is 0 Å². The fourth-order valence-electron chi connectivity index (χ4n) is 2.95. The summed E-state index contributed by atoms with van der Waals surface area (Å²) in [5.74, 6) is -0.395. The molecule has 0 N–H and O–H groups in total. The number of hydrogen-bond acceptors (Lipinski definition) is 3. The number of carbonyl (C=O) groups is 2. The highest BCUT2D eigenvalue weighted by Crippen LogP contribution is 2.38. The number of carbonyl (C=O) groups excluding carboxylic acids is 2. The van der Waals surface area contributed by atoms with E-state index in [4.69, 9.17) is 4.74 Å². The Labute approximate surface area is 132 Å². The zero-order chi connectivity index (χ0) is 15.0. The van der Waals surface area contributed by atoms with Crippen molar-refractivity contribution in [2.24, 2.45) is 5.92 Å². The Bertz CT molecular complexity index is 565. The van der Waals surface area contributed by atoms with E-state index >= 15 is 0 Å². The summed E-state index contributed by atoms with van der Waals surface area (Å²) in [7, 11) is 1.40. The van der Waals surface area contributed by atoms with Crippen LogP contribution in [0.2, 0.25) is 0 Å². The van der Waals surface area contributed by atoms with Crippen molar-refractivity contribution in [2.45, 2.75) is 31.7 Å². The second-order valence-electron chi connectivity index (χ2n) is 5.80. The number of aromatic nitrogens is 1. The van der Waals surface area contributed by atoms with Crippen LogP contribution < -0.4 is 0 Å². The molecule has 6 heteroatoms. The summed E-state index contributed by atoms with van der Waals surface area (Å²) in [5, 5.41) is 0. The molecule has 2 fully saturated rings. The molecule has 114 valence electrons. The quantitative estimate of drug-likeness (QED) is 0.784. The maximum atomic E-state index is 12.8. The predicted octanol–water partition coefficient (Wildman–Crippen LogP) is 2.61. The molecule has 0 radical (unpaired) electrons. The number of halogens is 1. The number of piperidine rings is 1. The van der Waals surface area contributed by atoms with Gasteiger partial charge in [0, 0.05) is 29.8 Å². The molecule has 2 heterocycles. The van der Waals surface area contributed by atoms with Crippen LogP contribution in [0, 0.1) is 5.92 Å². The van der Waals surface area contributed by atoms with Crippen LogP contribution in [0.15, 0.2) is 16.7 Å². The molecular formula is C15H19BrN2O3. The van der Waals surface area contributed by atoms with Crippen molar-refractivity contribution in [3.05, 3.63) is 22.4 Å². The second kappa shape index (κ2) is 5.83. The van der Waals surface area contributed by atoms with Crippen molar-refractivity contribution in [1.82, 2.24) is 9.47 Å². The number of rotatable bonds is 3. The lowest BCUT2D eigenvalue weighted by Crippen LogP contribution is -2.43. The summed E-state index contributed by atoms with van der Waals surface area (Å²) in [5.41, 5.74) is 0.717. The maximum Gasteiger partial charge on any atom is 0.310 e. The summed E-state index contributed by atoms with van der Waals surface area (Å²) in [6.07, 6.45) is 5.88. The molecule has 0 spiro atoms. The van der Waals surface area contributed by atoms with Gasteiger partial charge in [-0.3, -0.25) is 9.59 Å². The van der Waals surface area contributed by atoms with Crippen LogP contribution in [-0.2, 0) is 9.53 Å². The number of esters is 1. The third kappa shape index (κ3) is 3.00. The number of hydrogen-bond donors (Lipinski definition) is 0. The summed E-state index contributed by atoms with van der Waals surface area (Å²) in [6, 6.07) is 2.33. The average Bonchev–Trinajstić information content (AvgIpc) is 3.28. The molecule has 1 aliphatic heterocycles. The van der Waals surface area contributed by atoms with Gasteiger partial charge >= 0.3 is 5.97 Å². The molecule has 5 nitrogen and oxygen atoms in total. The Morgan fingerprint density at radius 2 is 2.10 bits per heavy atom. The van der Waals surface area contributed by atoms with Gasteiger partial charge in [-0.15, -0.1) is 0 Å². The van der Waals surface area contributed by atoms with Gasteiger partial charge in [0.1, 0.15) is 5.69 Å². The van der Waals surface area contributed by atoms with Gasteiger partial charge in [-0.25, -0.2) is 0 Å². The Hall–Kier alpha value is -1.30. The normalized spacial score (nSPS) is 22.2.